The summed E-state index contributed by atoms with van der Waals surface area (Å²) in [6.07, 6.45) is 9.86. The van der Waals surface area contributed by atoms with E-state index in [-0.39, 0.29) is 55.1 Å². The molecule has 8 nitrogen and oxygen atoms in total. The number of fused-ring (bicyclic) bond motifs is 2. The van der Waals surface area contributed by atoms with Crippen LogP contribution >= 0.6 is 0 Å². The topological polar surface area (TPSA) is 125 Å². The van der Waals surface area contributed by atoms with Gasteiger partial charge < -0.3 is 25.6 Å². The number of carboxylic acids is 1. The first kappa shape index (κ1) is 24.8. The smallest absolute Gasteiger partial charge is 0.303 e. The van der Waals surface area contributed by atoms with Gasteiger partial charge in [0.2, 0.25) is 11.8 Å². The van der Waals surface area contributed by atoms with Gasteiger partial charge in [-0.05, 0) is 62.1 Å². The number of nitrogens with one attached hydrogen (secondary N) is 2. The van der Waals surface area contributed by atoms with Crippen molar-refractivity contribution < 1.29 is 29.3 Å². The van der Waals surface area contributed by atoms with Gasteiger partial charge in [-0.2, -0.15) is 0 Å². The van der Waals surface area contributed by atoms with Crippen molar-refractivity contribution in [1.29, 1.82) is 0 Å². The Morgan fingerprint density at radius 3 is 2.42 bits per heavy atom. The number of aliphatic carboxylic acids is 1. The van der Waals surface area contributed by atoms with E-state index in [0.717, 1.165) is 31.2 Å². The minimum Gasteiger partial charge on any atom is -0.508 e. The van der Waals surface area contributed by atoms with Crippen LogP contribution in [0.5, 0.6) is 5.75 Å². The fourth-order valence-electron chi connectivity index (χ4n) is 4.70. The lowest BCUT2D eigenvalue weighted by Gasteiger charge is -2.27. The number of aryl methyl sites for hydroxylation is 1. The molecule has 3 rings (SSSR count). The number of allylic oxidation sites excluding steroid dienone is 2. The highest BCUT2D eigenvalue weighted by Crippen LogP contribution is 2.44. The molecule has 4 atom stereocenters. The van der Waals surface area contributed by atoms with Gasteiger partial charge in [-0.3, -0.25) is 14.4 Å². The first-order valence-corrected chi connectivity index (χ1v) is 11.8. The summed E-state index contributed by atoms with van der Waals surface area (Å²) in [6, 6.07) is 6.72. The van der Waals surface area contributed by atoms with Crippen LogP contribution in [0.15, 0.2) is 36.4 Å². The largest absolute Gasteiger partial charge is 0.508 e. The minimum atomic E-state index is -0.769. The monoisotopic (exact) mass is 458 g/mol. The Balaban J connectivity index is 1.34. The third kappa shape index (κ3) is 7.89. The molecule has 0 saturated carbocycles. The summed E-state index contributed by atoms with van der Waals surface area (Å²) in [7, 11) is 0. The Bertz CT molecular complexity index is 838. The molecule has 1 aromatic rings. The number of hydrogen-bond acceptors (Lipinski definition) is 5. The zero-order valence-corrected chi connectivity index (χ0v) is 18.9. The normalized spacial score (nSPS) is 23.6. The molecule has 0 aliphatic carbocycles. The summed E-state index contributed by atoms with van der Waals surface area (Å²) in [4.78, 5) is 34.9. The molecule has 2 amide bonds. The zero-order valence-electron chi connectivity index (χ0n) is 18.9. The first-order chi connectivity index (χ1) is 15.9. The number of carbonyl (C=O) groups excluding carboxylic acids is 2. The lowest BCUT2D eigenvalue weighted by atomic mass is 9.77. The Kier molecular flexibility index (Phi) is 9.30. The Morgan fingerprint density at radius 2 is 1.70 bits per heavy atom. The number of ether oxygens (including phenoxy) is 1. The first-order valence-electron chi connectivity index (χ1n) is 11.8. The molecule has 180 valence electrons. The molecule has 2 heterocycles. The molecule has 33 heavy (non-hydrogen) atoms. The molecule has 2 aliphatic heterocycles. The lowest BCUT2D eigenvalue weighted by molar-refractivity contribution is -0.137. The molecule has 0 aromatic heterocycles. The van der Waals surface area contributed by atoms with Gasteiger partial charge in [0.1, 0.15) is 5.75 Å². The van der Waals surface area contributed by atoms with E-state index in [2.05, 4.69) is 16.7 Å². The second-order valence-corrected chi connectivity index (χ2v) is 8.86. The van der Waals surface area contributed by atoms with E-state index >= 15 is 0 Å². The van der Waals surface area contributed by atoms with Crippen LogP contribution in [-0.4, -0.2) is 53.3 Å². The van der Waals surface area contributed by atoms with Crippen LogP contribution in [0, 0.1) is 11.8 Å². The highest BCUT2D eigenvalue weighted by molar-refractivity contribution is 5.84. The summed E-state index contributed by atoms with van der Waals surface area (Å²) in [6.45, 7) is 0.477. The number of rotatable bonds is 13. The van der Waals surface area contributed by atoms with Gasteiger partial charge in [0.05, 0.1) is 18.8 Å². The SMILES string of the molecule is O=C(O)CCC/C=C\C[C@H]1[C@@H](CNC(=O)CNC(=O)CCc2ccc(O)cc2)[C@H]2CC[C@@H]1O2. The van der Waals surface area contributed by atoms with Crippen molar-refractivity contribution in [3.05, 3.63) is 42.0 Å². The Labute approximate surface area is 194 Å². The maximum Gasteiger partial charge on any atom is 0.303 e. The van der Waals surface area contributed by atoms with Crippen LogP contribution in [0.25, 0.3) is 0 Å². The van der Waals surface area contributed by atoms with E-state index in [1.807, 2.05) is 6.08 Å². The van der Waals surface area contributed by atoms with Crippen LogP contribution in [0.2, 0.25) is 0 Å². The number of phenols is 1. The summed E-state index contributed by atoms with van der Waals surface area (Å²) in [5, 5.41) is 23.6. The lowest BCUT2D eigenvalue weighted by Crippen LogP contribution is -2.42. The van der Waals surface area contributed by atoms with E-state index in [1.165, 1.54) is 0 Å². The number of hydrogen-bond donors (Lipinski definition) is 4. The molecule has 0 unspecified atom stereocenters. The molecular weight excluding hydrogens is 424 g/mol. The molecule has 0 radical (unpaired) electrons. The van der Waals surface area contributed by atoms with Crippen LogP contribution in [0.3, 0.4) is 0 Å². The summed E-state index contributed by atoms with van der Waals surface area (Å²) >= 11 is 0. The van der Waals surface area contributed by atoms with Crippen molar-refractivity contribution in [2.75, 3.05) is 13.1 Å². The van der Waals surface area contributed by atoms with Crippen LogP contribution < -0.4 is 10.6 Å². The molecule has 2 aliphatic rings. The highest BCUT2D eigenvalue weighted by Gasteiger charge is 2.47. The third-order valence-electron chi connectivity index (χ3n) is 6.48. The number of aromatic hydroxyl groups is 1. The standard InChI is InChI=1S/C25H34N2O6/c28-18-10-7-17(8-11-18)9-14-23(29)27-16-24(30)26-15-20-19(21-12-13-22(20)33-21)5-3-1-2-4-6-25(31)32/h1,3,7-8,10-11,19-22,28H,2,4-6,9,12-16H2,(H,26,30)(H,27,29)(H,31,32)/b3-1-/t19-,20+,21-,22+/m0/s1. The molecular formula is C25H34N2O6. The molecule has 8 heteroatoms. The van der Waals surface area contributed by atoms with Gasteiger partial charge >= 0.3 is 5.97 Å². The number of carbonyl (C=O) groups is 3. The van der Waals surface area contributed by atoms with Crippen molar-refractivity contribution >= 4 is 17.8 Å². The number of carboxylic acid groups (broad SMARTS) is 1. The fourth-order valence-corrected chi connectivity index (χ4v) is 4.70. The molecule has 2 fully saturated rings. The maximum atomic E-state index is 12.3. The average Bonchev–Trinajstić information content (AvgIpc) is 3.40. The molecule has 4 N–H and O–H groups in total. The number of benzene rings is 1. The van der Waals surface area contributed by atoms with Crippen LogP contribution in [0.4, 0.5) is 0 Å². The summed E-state index contributed by atoms with van der Waals surface area (Å²) in [5.41, 5.74) is 0.950. The second-order valence-electron chi connectivity index (χ2n) is 8.86. The highest BCUT2D eigenvalue weighted by atomic mass is 16.5. The second kappa shape index (κ2) is 12.4. The van der Waals surface area contributed by atoms with Gasteiger partial charge in [-0.15, -0.1) is 0 Å². The van der Waals surface area contributed by atoms with E-state index in [0.29, 0.717) is 25.3 Å². The molecule has 2 bridgehead atoms. The summed E-state index contributed by atoms with van der Waals surface area (Å²) in [5.74, 6) is -0.378. The number of amides is 2. The van der Waals surface area contributed by atoms with Crippen molar-refractivity contribution in [2.24, 2.45) is 11.8 Å². The van der Waals surface area contributed by atoms with Crippen molar-refractivity contribution in [2.45, 2.75) is 63.6 Å². The van der Waals surface area contributed by atoms with E-state index in [9.17, 15) is 19.5 Å². The van der Waals surface area contributed by atoms with E-state index in [1.54, 1.807) is 24.3 Å². The quantitative estimate of drug-likeness (QED) is 0.266. The number of unbranched alkanes of at least 4 members (excludes halogenated alkanes) is 1. The predicted molar refractivity (Wildman–Crippen MR) is 123 cm³/mol. The Morgan fingerprint density at radius 1 is 0.970 bits per heavy atom. The zero-order chi connectivity index (χ0) is 23.6. The van der Waals surface area contributed by atoms with Gasteiger partial charge in [-0.25, -0.2) is 0 Å². The van der Waals surface area contributed by atoms with Crippen LogP contribution in [0.1, 0.15) is 50.5 Å². The Hall–Kier alpha value is -2.87. The number of phenolic OH excluding ortho intramolecular Hbond substituents is 1. The molecule has 0 spiro atoms. The maximum absolute atomic E-state index is 12.3. The van der Waals surface area contributed by atoms with E-state index < -0.39 is 5.97 Å². The average molecular weight is 459 g/mol. The predicted octanol–water partition coefficient (Wildman–Crippen LogP) is 2.55. The van der Waals surface area contributed by atoms with Crippen molar-refractivity contribution in [3.63, 3.8) is 0 Å². The van der Waals surface area contributed by atoms with Crippen molar-refractivity contribution in [1.82, 2.24) is 10.6 Å². The third-order valence-corrected chi connectivity index (χ3v) is 6.48. The van der Waals surface area contributed by atoms with Gasteiger partial charge in [0, 0.05) is 25.3 Å². The van der Waals surface area contributed by atoms with Gasteiger partial charge in [0.15, 0.2) is 0 Å². The van der Waals surface area contributed by atoms with E-state index in [4.69, 9.17) is 9.84 Å². The van der Waals surface area contributed by atoms with Crippen molar-refractivity contribution in [3.8, 4) is 5.75 Å². The van der Waals surface area contributed by atoms with Gasteiger partial charge in [-0.1, -0.05) is 24.3 Å². The fraction of sp³-hybridized carbons (Fsp3) is 0.560. The van der Waals surface area contributed by atoms with Crippen LogP contribution in [-0.2, 0) is 25.5 Å². The minimum absolute atomic E-state index is 0.0514. The summed E-state index contributed by atoms with van der Waals surface area (Å²) < 4.78 is 6.07. The van der Waals surface area contributed by atoms with Gasteiger partial charge in [0.25, 0.3) is 0 Å². The molecule has 2 saturated heterocycles. The molecule has 1 aromatic carbocycles.